The highest BCUT2D eigenvalue weighted by Crippen LogP contribution is 2.26. The van der Waals surface area contributed by atoms with E-state index in [0.717, 1.165) is 26.6 Å². The van der Waals surface area contributed by atoms with E-state index >= 15 is 0 Å². The van der Waals surface area contributed by atoms with Gasteiger partial charge in [0.1, 0.15) is 12.6 Å². The molecule has 0 saturated carbocycles. The number of rotatable bonds is 12. The molecule has 0 bridgehead atoms. The number of hydrogen-bond acceptors (Lipinski definition) is 4. The summed E-state index contributed by atoms with van der Waals surface area (Å²) in [5.41, 5.74) is 3.97. The lowest BCUT2D eigenvalue weighted by Crippen LogP contribution is -2.53. The van der Waals surface area contributed by atoms with E-state index in [1.807, 2.05) is 93.6 Å². The standard InChI is InChI=1S/C34H37N3O4S/c1-4-35-34(39)32(23-28-11-7-5-8-12-28)36(24-29-13-9-6-10-14-29)33(38)25-37(30-19-15-26(2)16-20-30)42(40,41)31-21-17-27(3)18-22-31/h5-22,32H,4,23-25H2,1-3H3,(H,35,39). The van der Waals surface area contributed by atoms with Crippen LogP contribution in [0.5, 0.6) is 0 Å². The van der Waals surface area contributed by atoms with Crippen molar-refractivity contribution in [2.75, 3.05) is 17.4 Å². The Hall–Kier alpha value is -4.43. The van der Waals surface area contributed by atoms with Crippen molar-refractivity contribution in [1.82, 2.24) is 10.2 Å². The van der Waals surface area contributed by atoms with Crippen LogP contribution < -0.4 is 9.62 Å². The molecule has 8 heteroatoms. The first-order valence-electron chi connectivity index (χ1n) is 14.0. The molecule has 0 fully saturated rings. The van der Waals surface area contributed by atoms with Crippen molar-refractivity contribution in [3.63, 3.8) is 0 Å². The monoisotopic (exact) mass is 583 g/mol. The number of nitrogens with zero attached hydrogens (tertiary/aromatic N) is 2. The summed E-state index contributed by atoms with van der Waals surface area (Å²) in [4.78, 5) is 29.4. The number of benzene rings is 4. The van der Waals surface area contributed by atoms with Gasteiger partial charge >= 0.3 is 0 Å². The van der Waals surface area contributed by atoms with Crippen molar-refractivity contribution in [1.29, 1.82) is 0 Å². The van der Waals surface area contributed by atoms with E-state index in [0.29, 0.717) is 12.2 Å². The molecule has 4 aromatic carbocycles. The van der Waals surface area contributed by atoms with Gasteiger partial charge in [-0.25, -0.2) is 8.42 Å². The summed E-state index contributed by atoms with van der Waals surface area (Å²) >= 11 is 0. The summed E-state index contributed by atoms with van der Waals surface area (Å²) in [7, 11) is -4.11. The van der Waals surface area contributed by atoms with E-state index in [9.17, 15) is 18.0 Å². The van der Waals surface area contributed by atoms with Crippen LogP contribution in [0, 0.1) is 13.8 Å². The highest BCUT2D eigenvalue weighted by atomic mass is 32.2. The highest BCUT2D eigenvalue weighted by Gasteiger charge is 2.34. The molecule has 4 rings (SSSR count). The van der Waals surface area contributed by atoms with Crippen LogP contribution in [0.25, 0.3) is 0 Å². The summed E-state index contributed by atoms with van der Waals surface area (Å²) in [6.45, 7) is 5.68. The minimum atomic E-state index is -4.11. The summed E-state index contributed by atoms with van der Waals surface area (Å²) in [6.07, 6.45) is 0.278. The number of sulfonamides is 1. The Morgan fingerprint density at radius 2 is 1.26 bits per heavy atom. The minimum Gasteiger partial charge on any atom is -0.355 e. The first-order chi connectivity index (χ1) is 20.2. The van der Waals surface area contributed by atoms with Gasteiger partial charge in [0, 0.05) is 19.5 Å². The van der Waals surface area contributed by atoms with E-state index < -0.39 is 28.5 Å². The van der Waals surface area contributed by atoms with E-state index in [1.54, 1.807) is 36.4 Å². The first kappa shape index (κ1) is 30.5. The van der Waals surface area contributed by atoms with Crippen molar-refractivity contribution in [3.05, 3.63) is 131 Å². The number of nitrogens with one attached hydrogen (secondary N) is 1. The molecule has 7 nitrogen and oxygen atoms in total. The molecule has 4 aromatic rings. The van der Waals surface area contributed by atoms with Gasteiger partial charge in [0.05, 0.1) is 10.6 Å². The highest BCUT2D eigenvalue weighted by molar-refractivity contribution is 7.92. The first-order valence-corrected chi connectivity index (χ1v) is 15.4. The van der Waals surface area contributed by atoms with Crippen molar-refractivity contribution >= 4 is 27.5 Å². The number of carbonyl (C=O) groups excluding carboxylic acids is 2. The van der Waals surface area contributed by atoms with Gasteiger partial charge in [-0.15, -0.1) is 0 Å². The van der Waals surface area contributed by atoms with Crippen LogP contribution in [0.1, 0.15) is 29.2 Å². The number of carbonyl (C=O) groups is 2. The van der Waals surface area contributed by atoms with Crippen LogP contribution in [0.2, 0.25) is 0 Å². The molecule has 0 aliphatic heterocycles. The van der Waals surface area contributed by atoms with Crippen molar-refractivity contribution < 1.29 is 18.0 Å². The summed E-state index contributed by atoms with van der Waals surface area (Å²) in [5.74, 6) is -0.781. The van der Waals surface area contributed by atoms with E-state index in [4.69, 9.17) is 0 Å². The second-order valence-corrected chi connectivity index (χ2v) is 12.1. The van der Waals surface area contributed by atoms with Gasteiger partial charge in [-0.05, 0) is 56.2 Å². The van der Waals surface area contributed by atoms with Gasteiger partial charge in [0.15, 0.2) is 0 Å². The number of aryl methyl sites for hydroxylation is 2. The molecule has 1 unspecified atom stereocenters. The number of likely N-dealkylation sites (N-methyl/N-ethyl adjacent to an activating group) is 1. The Morgan fingerprint density at radius 1 is 0.738 bits per heavy atom. The zero-order chi connectivity index (χ0) is 30.1. The summed E-state index contributed by atoms with van der Waals surface area (Å²) in [5, 5.41) is 2.87. The van der Waals surface area contributed by atoms with Crippen LogP contribution in [-0.2, 0) is 32.6 Å². The molecule has 0 heterocycles. The second kappa shape index (κ2) is 14.0. The predicted octanol–water partition coefficient (Wildman–Crippen LogP) is 5.27. The molecular weight excluding hydrogens is 546 g/mol. The fourth-order valence-corrected chi connectivity index (χ4v) is 6.12. The van der Waals surface area contributed by atoms with Crippen molar-refractivity contribution in [2.45, 2.75) is 44.7 Å². The molecule has 0 radical (unpaired) electrons. The van der Waals surface area contributed by atoms with Crippen LogP contribution >= 0.6 is 0 Å². The Bertz CT molecular complexity index is 1570. The smallest absolute Gasteiger partial charge is 0.264 e. The quantitative estimate of drug-likeness (QED) is 0.246. The lowest BCUT2D eigenvalue weighted by atomic mass is 10.0. The fourth-order valence-electron chi connectivity index (χ4n) is 4.70. The Balaban J connectivity index is 1.77. The number of hydrogen-bond donors (Lipinski definition) is 1. The third-order valence-electron chi connectivity index (χ3n) is 7.03. The molecule has 0 aliphatic carbocycles. The Morgan fingerprint density at radius 3 is 1.81 bits per heavy atom. The molecule has 0 spiro atoms. The molecule has 218 valence electrons. The predicted molar refractivity (Wildman–Crippen MR) is 166 cm³/mol. The lowest BCUT2D eigenvalue weighted by Gasteiger charge is -2.33. The normalized spacial score (nSPS) is 11.9. The minimum absolute atomic E-state index is 0.0839. The Kier molecular flexibility index (Phi) is 10.1. The molecule has 0 saturated heterocycles. The number of anilines is 1. The fraction of sp³-hybridized carbons (Fsp3) is 0.235. The average Bonchev–Trinajstić information content (AvgIpc) is 2.99. The van der Waals surface area contributed by atoms with Crippen LogP contribution in [-0.4, -0.2) is 44.3 Å². The second-order valence-electron chi connectivity index (χ2n) is 10.3. The molecule has 1 atom stereocenters. The molecule has 1 N–H and O–H groups in total. The van der Waals surface area contributed by atoms with E-state index in [-0.39, 0.29) is 23.8 Å². The lowest BCUT2D eigenvalue weighted by molar-refractivity contribution is -0.140. The zero-order valence-corrected chi connectivity index (χ0v) is 25.1. The van der Waals surface area contributed by atoms with Gasteiger partial charge in [-0.1, -0.05) is 96.1 Å². The summed E-state index contributed by atoms with van der Waals surface area (Å²) < 4.78 is 29.2. The van der Waals surface area contributed by atoms with Crippen molar-refractivity contribution in [3.8, 4) is 0 Å². The van der Waals surface area contributed by atoms with E-state index in [2.05, 4.69) is 5.32 Å². The Labute approximate surface area is 248 Å². The van der Waals surface area contributed by atoms with Gasteiger partial charge in [-0.3, -0.25) is 13.9 Å². The molecule has 2 amide bonds. The maximum atomic E-state index is 14.3. The maximum Gasteiger partial charge on any atom is 0.264 e. The topological polar surface area (TPSA) is 86.8 Å². The molecule has 42 heavy (non-hydrogen) atoms. The third kappa shape index (κ3) is 7.64. The van der Waals surface area contributed by atoms with Gasteiger partial charge in [0.2, 0.25) is 11.8 Å². The molecular formula is C34H37N3O4S. The molecule has 0 aliphatic rings. The summed E-state index contributed by atoms with van der Waals surface area (Å²) in [6, 6.07) is 31.6. The van der Waals surface area contributed by atoms with Crippen LogP contribution in [0.4, 0.5) is 5.69 Å². The SMILES string of the molecule is CCNC(=O)C(Cc1ccccc1)N(Cc1ccccc1)C(=O)CN(c1ccc(C)cc1)S(=O)(=O)c1ccc(C)cc1. The van der Waals surface area contributed by atoms with E-state index in [1.165, 1.54) is 4.90 Å². The average molecular weight is 584 g/mol. The van der Waals surface area contributed by atoms with Gasteiger partial charge in [-0.2, -0.15) is 0 Å². The number of amides is 2. The largest absolute Gasteiger partial charge is 0.355 e. The van der Waals surface area contributed by atoms with Crippen LogP contribution in [0.15, 0.2) is 114 Å². The van der Waals surface area contributed by atoms with Gasteiger partial charge in [0.25, 0.3) is 10.0 Å². The molecule has 0 aromatic heterocycles. The van der Waals surface area contributed by atoms with Crippen LogP contribution in [0.3, 0.4) is 0 Å². The third-order valence-corrected chi connectivity index (χ3v) is 8.82. The maximum absolute atomic E-state index is 14.3. The van der Waals surface area contributed by atoms with Crippen molar-refractivity contribution in [2.24, 2.45) is 0 Å². The zero-order valence-electron chi connectivity index (χ0n) is 24.2. The van der Waals surface area contributed by atoms with Gasteiger partial charge < -0.3 is 10.2 Å².